The van der Waals surface area contributed by atoms with Gasteiger partial charge in [0.1, 0.15) is 5.82 Å². The normalized spacial score (nSPS) is 12.8. The van der Waals surface area contributed by atoms with Crippen molar-refractivity contribution < 1.29 is 8.42 Å². The average molecular weight is 302 g/mol. The van der Waals surface area contributed by atoms with E-state index in [2.05, 4.69) is 17.1 Å². The van der Waals surface area contributed by atoms with Gasteiger partial charge in [-0.15, -0.1) is 10.2 Å². The Morgan fingerprint density at radius 1 is 1.10 bits per heavy atom. The zero-order valence-electron chi connectivity index (χ0n) is 12.9. The van der Waals surface area contributed by atoms with Crippen LogP contribution in [0.4, 0.5) is 0 Å². The zero-order chi connectivity index (χ0) is 15.4. The van der Waals surface area contributed by atoms with Gasteiger partial charge in [-0.2, -0.15) is 0 Å². The summed E-state index contributed by atoms with van der Waals surface area (Å²) in [5.41, 5.74) is -0.413. The van der Waals surface area contributed by atoms with Crippen LogP contribution in [-0.4, -0.2) is 23.2 Å². The predicted molar refractivity (Wildman–Crippen MR) is 78.9 cm³/mol. The van der Waals surface area contributed by atoms with Gasteiger partial charge in [0.15, 0.2) is 0 Å². The fourth-order valence-electron chi connectivity index (χ4n) is 2.21. The van der Waals surface area contributed by atoms with Gasteiger partial charge in [0.05, 0.1) is 0 Å². The maximum absolute atomic E-state index is 11.6. The van der Waals surface area contributed by atoms with Crippen LogP contribution in [0.5, 0.6) is 0 Å². The van der Waals surface area contributed by atoms with E-state index < -0.39 is 15.6 Å². The van der Waals surface area contributed by atoms with Crippen LogP contribution in [0.25, 0.3) is 0 Å². The molecular weight excluding hydrogens is 276 g/mol. The van der Waals surface area contributed by atoms with Crippen LogP contribution in [0.3, 0.4) is 0 Å². The number of rotatable bonds is 7. The minimum Gasteiger partial charge on any atom is -0.295 e. The summed E-state index contributed by atoms with van der Waals surface area (Å²) in [6.07, 6.45) is 6.46. The van der Waals surface area contributed by atoms with Gasteiger partial charge in [-0.1, -0.05) is 32.6 Å². The first kappa shape index (κ1) is 17.1. The maximum Gasteiger partial charge on any atom is 0.273 e. The standard InChI is InChI=1S/C13H26N4O2S/c1-5-6-7-8-9-10-11-15-16-12(20(14,18)19)17(11)13(2,3)4/h5-10H2,1-4H3,(H2,14,18,19). The van der Waals surface area contributed by atoms with E-state index in [-0.39, 0.29) is 5.16 Å². The smallest absolute Gasteiger partial charge is 0.273 e. The highest BCUT2D eigenvalue weighted by Crippen LogP contribution is 2.22. The molecule has 0 bridgehead atoms. The number of primary sulfonamides is 1. The molecule has 7 heteroatoms. The molecule has 6 nitrogen and oxygen atoms in total. The maximum atomic E-state index is 11.6. The van der Waals surface area contributed by atoms with Crippen LogP contribution in [0.15, 0.2) is 5.16 Å². The minimum absolute atomic E-state index is 0.145. The first-order chi connectivity index (χ1) is 9.18. The molecule has 2 N–H and O–H groups in total. The number of aromatic nitrogens is 3. The van der Waals surface area contributed by atoms with Crippen LogP contribution in [0.2, 0.25) is 0 Å². The van der Waals surface area contributed by atoms with Gasteiger partial charge in [0, 0.05) is 12.0 Å². The zero-order valence-corrected chi connectivity index (χ0v) is 13.7. The Morgan fingerprint density at radius 3 is 2.20 bits per heavy atom. The lowest BCUT2D eigenvalue weighted by Gasteiger charge is -2.24. The van der Waals surface area contributed by atoms with E-state index in [0.29, 0.717) is 5.82 Å². The molecule has 1 aromatic rings. The first-order valence-corrected chi connectivity index (χ1v) is 8.70. The van der Waals surface area contributed by atoms with Crippen molar-refractivity contribution in [2.24, 2.45) is 5.14 Å². The molecule has 1 aromatic heterocycles. The van der Waals surface area contributed by atoms with E-state index in [4.69, 9.17) is 5.14 Å². The third kappa shape index (κ3) is 4.56. The monoisotopic (exact) mass is 302 g/mol. The van der Waals surface area contributed by atoms with Gasteiger partial charge < -0.3 is 0 Å². The number of nitrogens with zero attached hydrogens (tertiary/aromatic N) is 3. The van der Waals surface area contributed by atoms with Crippen molar-refractivity contribution in [1.82, 2.24) is 14.8 Å². The second kappa shape index (κ2) is 6.67. The molecule has 0 amide bonds. The van der Waals surface area contributed by atoms with Crippen LogP contribution >= 0.6 is 0 Å². The molecule has 0 saturated carbocycles. The number of aryl methyl sites for hydroxylation is 1. The van der Waals surface area contributed by atoms with Gasteiger partial charge in [0.2, 0.25) is 0 Å². The molecule has 0 aliphatic carbocycles. The molecule has 0 aromatic carbocycles. The molecule has 0 atom stereocenters. The van der Waals surface area contributed by atoms with E-state index in [1.165, 1.54) is 19.3 Å². The Balaban J connectivity index is 2.90. The largest absolute Gasteiger partial charge is 0.295 e. The topological polar surface area (TPSA) is 90.9 Å². The van der Waals surface area contributed by atoms with Crippen molar-refractivity contribution in [3.63, 3.8) is 0 Å². The Kier molecular flexibility index (Phi) is 5.70. The van der Waals surface area contributed by atoms with Crippen molar-refractivity contribution in [1.29, 1.82) is 0 Å². The lowest BCUT2D eigenvalue weighted by Crippen LogP contribution is -2.30. The lowest BCUT2D eigenvalue weighted by atomic mass is 10.1. The number of hydrogen-bond acceptors (Lipinski definition) is 4. The highest BCUT2D eigenvalue weighted by Gasteiger charge is 2.28. The van der Waals surface area contributed by atoms with E-state index in [1.54, 1.807) is 4.57 Å². The summed E-state index contributed by atoms with van der Waals surface area (Å²) in [5, 5.41) is 12.9. The van der Waals surface area contributed by atoms with Gasteiger partial charge in [-0.05, 0) is 27.2 Å². The molecule has 0 aliphatic heterocycles. The molecule has 20 heavy (non-hydrogen) atoms. The number of hydrogen-bond donors (Lipinski definition) is 1. The summed E-state index contributed by atoms with van der Waals surface area (Å²) in [7, 11) is -3.85. The summed E-state index contributed by atoms with van der Waals surface area (Å²) >= 11 is 0. The summed E-state index contributed by atoms with van der Waals surface area (Å²) in [5.74, 6) is 0.693. The second-order valence-corrected chi connectivity index (χ2v) is 7.57. The number of sulfonamides is 1. The van der Waals surface area contributed by atoms with Crippen LogP contribution in [0, 0.1) is 0 Å². The third-order valence-corrected chi connectivity index (χ3v) is 3.90. The minimum atomic E-state index is -3.85. The second-order valence-electron chi connectivity index (χ2n) is 6.11. The molecule has 116 valence electrons. The first-order valence-electron chi connectivity index (χ1n) is 7.15. The van der Waals surface area contributed by atoms with Crippen molar-refractivity contribution in [2.45, 2.75) is 76.9 Å². The number of nitrogens with two attached hydrogens (primary N) is 1. The molecular formula is C13H26N4O2S. The fourth-order valence-corrected chi connectivity index (χ4v) is 3.00. The predicted octanol–water partition coefficient (Wildman–Crippen LogP) is 2.19. The van der Waals surface area contributed by atoms with E-state index >= 15 is 0 Å². The highest BCUT2D eigenvalue weighted by atomic mass is 32.2. The van der Waals surface area contributed by atoms with Crippen molar-refractivity contribution in [3.05, 3.63) is 5.82 Å². The summed E-state index contributed by atoms with van der Waals surface area (Å²) in [6.45, 7) is 7.94. The lowest BCUT2D eigenvalue weighted by molar-refractivity contribution is 0.348. The van der Waals surface area contributed by atoms with Crippen molar-refractivity contribution >= 4 is 10.0 Å². The van der Waals surface area contributed by atoms with Crippen molar-refractivity contribution in [2.75, 3.05) is 0 Å². The highest BCUT2D eigenvalue weighted by molar-refractivity contribution is 7.89. The van der Waals surface area contributed by atoms with Gasteiger partial charge in [-0.25, -0.2) is 13.6 Å². The summed E-state index contributed by atoms with van der Waals surface area (Å²) < 4.78 is 24.8. The summed E-state index contributed by atoms with van der Waals surface area (Å²) in [4.78, 5) is 0. The summed E-state index contributed by atoms with van der Waals surface area (Å²) in [6, 6.07) is 0. The van der Waals surface area contributed by atoms with E-state index in [9.17, 15) is 8.42 Å². The third-order valence-electron chi connectivity index (χ3n) is 3.13. The van der Waals surface area contributed by atoms with E-state index in [1.807, 2.05) is 20.8 Å². The molecule has 0 spiro atoms. The Labute approximate surface area is 121 Å². The van der Waals surface area contributed by atoms with Gasteiger partial charge >= 0.3 is 0 Å². The van der Waals surface area contributed by atoms with Crippen LogP contribution in [0.1, 0.15) is 65.6 Å². The molecule has 0 saturated heterocycles. The Hall–Kier alpha value is -0.950. The molecule has 1 heterocycles. The fraction of sp³-hybridized carbons (Fsp3) is 0.846. The molecule has 1 rings (SSSR count). The number of unbranched alkanes of at least 4 members (excludes halogenated alkanes) is 4. The molecule has 0 fully saturated rings. The molecule has 0 aliphatic rings. The van der Waals surface area contributed by atoms with Crippen LogP contribution in [-0.2, 0) is 22.0 Å². The van der Waals surface area contributed by atoms with Crippen molar-refractivity contribution in [3.8, 4) is 0 Å². The average Bonchev–Trinajstić information content (AvgIpc) is 2.72. The van der Waals surface area contributed by atoms with Gasteiger partial charge in [0.25, 0.3) is 15.2 Å². The quantitative estimate of drug-likeness (QED) is 0.782. The van der Waals surface area contributed by atoms with Gasteiger partial charge in [-0.3, -0.25) is 4.57 Å². The molecule has 0 unspecified atom stereocenters. The Morgan fingerprint density at radius 2 is 1.70 bits per heavy atom. The molecule has 0 radical (unpaired) electrons. The van der Waals surface area contributed by atoms with Crippen LogP contribution < -0.4 is 5.14 Å². The Bertz CT molecular complexity index is 529. The van der Waals surface area contributed by atoms with E-state index in [0.717, 1.165) is 19.3 Å². The SMILES string of the molecule is CCCCCCCc1nnc(S(N)(=O)=O)n1C(C)(C)C.